The Kier molecular flexibility index (Phi) is 2.82. The van der Waals surface area contributed by atoms with Crippen molar-refractivity contribution in [3.8, 4) is 0 Å². The van der Waals surface area contributed by atoms with E-state index in [1.807, 2.05) is 6.92 Å². The van der Waals surface area contributed by atoms with Crippen molar-refractivity contribution in [2.75, 3.05) is 6.54 Å². The molecule has 1 aromatic rings. The number of rotatable bonds is 4. The summed E-state index contributed by atoms with van der Waals surface area (Å²) in [6.07, 6.45) is 1.31. The Labute approximate surface area is 69.8 Å². The van der Waals surface area contributed by atoms with Crippen LogP contribution in [0, 0.1) is 0 Å². The van der Waals surface area contributed by atoms with E-state index in [9.17, 15) is 4.79 Å². The highest BCUT2D eigenvalue weighted by atomic mass is 16.4. The predicted molar refractivity (Wildman–Crippen MR) is 42.9 cm³/mol. The topological polar surface area (TPSA) is 78.0 Å². The highest BCUT2D eigenvalue weighted by Gasteiger charge is 2.10. The second-order valence-electron chi connectivity index (χ2n) is 2.35. The highest BCUT2D eigenvalue weighted by Crippen LogP contribution is 2.03. The van der Waals surface area contributed by atoms with E-state index in [1.165, 1.54) is 6.20 Å². The van der Waals surface area contributed by atoms with Crippen LogP contribution in [0.4, 0.5) is 0 Å². The molecule has 5 nitrogen and oxygen atoms in total. The van der Waals surface area contributed by atoms with Gasteiger partial charge in [-0.1, -0.05) is 6.92 Å². The molecule has 1 aromatic heterocycles. The Morgan fingerprint density at radius 1 is 1.83 bits per heavy atom. The number of nitrogens with zero attached hydrogens (tertiary/aromatic N) is 1. The molecule has 0 unspecified atom stereocenters. The number of aromatic amines is 1. The summed E-state index contributed by atoms with van der Waals surface area (Å²) < 4.78 is 0. The van der Waals surface area contributed by atoms with Crippen molar-refractivity contribution in [3.05, 3.63) is 17.5 Å². The standard InChI is InChI=1S/C7H11N3O2/c1-2-8-4-6-5(7(11)12)3-9-10-6/h3,8H,2,4H2,1H3,(H,9,10)(H,11,12). The summed E-state index contributed by atoms with van der Waals surface area (Å²) in [7, 11) is 0. The number of carbonyl (C=O) groups is 1. The van der Waals surface area contributed by atoms with Crippen LogP contribution in [-0.4, -0.2) is 27.8 Å². The molecular weight excluding hydrogens is 158 g/mol. The van der Waals surface area contributed by atoms with E-state index in [0.717, 1.165) is 6.54 Å². The number of H-pyrrole nitrogens is 1. The van der Waals surface area contributed by atoms with Gasteiger partial charge in [0.25, 0.3) is 0 Å². The molecule has 0 aliphatic rings. The molecule has 0 aliphatic heterocycles. The van der Waals surface area contributed by atoms with Gasteiger partial charge in [-0.05, 0) is 6.54 Å². The molecule has 0 spiro atoms. The summed E-state index contributed by atoms with van der Waals surface area (Å²) >= 11 is 0. The van der Waals surface area contributed by atoms with Crippen LogP contribution in [0.5, 0.6) is 0 Å². The molecule has 0 aliphatic carbocycles. The van der Waals surface area contributed by atoms with Crippen LogP contribution in [-0.2, 0) is 6.54 Å². The average molecular weight is 169 g/mol. The van der Waals surface area contributed by atoms with Crippen LogP contribution in [0.3, 0.4) is 0 Å². The molecule has 0 bridgehead atoms. The largest absolute Gasteiger partial charge is 0.478 e. The lowest BCUT2D eigenvalue weighted by molar-refractivity contribution is 0.0695. The molecule has 1 rings (SSSR count). The fourth-order valence-electron chi connectivity index (χ4n) is 0.882. The minimum atomic E-state index is -0.948. The van der Waals surface area contributed by atoms with E-state index in [4.69, 9.17) is 5.11 Å². The maximum Gasteiger partial charge on any atom is 0.339 e. The molecule has 0 radical (unpaired) electrons. The second kappa shape index (κ2) is 3.87. The molecule has 0 aromatic carbocycles. The number of carboxylic acids is 1. The van der Waals surface area contributed by atoms with Gasteiger partial charge in [-0.15, -0.1) is 0 Å². The van der Waals surface area contributed by atoms with Crippen molar-refractivity contribution < 1.29 is 9.90 Å². The predicted octanol–water partition coefficient (Wildman–Crippen LogP) is 0.217. The first-order valence-electron chi connectivity index (χ1n) is 3.72. The first kappa shape index (κ1) is 8.73. The van der Waals surface area contributed by atoms with E-state index >= 15 is 0 Å². The van der Waals surface area contributed by atoms with Crippen molar-refractivity contribution in [1.29, 1.82) is 0 Å². The van der Waals surface area contributed by atoms with Crippen LogP contribution in [0.2, 0.25) is 0 Å². The lowest BCUT2D eigenvalue weighted by atomic mass is 10.2. The Morgan fingerprint density at radius 3 is 3.17 bits per heavy atom. The first-order valence-corrected chi connectivity index (χ1v) is 3.72. The summed E-state index contributed by atoms with van der Waals surface area (Å²) in [4.78, 5) is 10.6. The zero-order chi connectivity index (χ0) is 8.97. The van der Waals surface area contributed by atoms with Crippen LogP contribution < -0.4 is 5.32 Å². The van der Waals surface area contributed by atoms with Gasteiger partial charge in [0.15, 0.2) is 0 Å². The summed E-state index contributed by atoms with van der Waals surface area (Å²) in [5.41, 5.74) is 0.848. The molecule has 0 amide bonds. The molecule has 12 heavy (non-hydrogen) atoms. The number of nitrogens with one attached hydrogen (secondary N) is 2. The molecule has 0 atom stereocenters. The molecule has 0 fully saturated rings. The third kappa shape index (κ3) is 1.82. The van der Waals surface area contributed by atoms with Crippen molar-refractivity contribution in [3.63, 3.8) is 0 Å². The Hall–Kier alpha value is -1.36. The van der Waals surface area contributed by atoms with E-state index in [1.54, 1.807) is 0 Å². The van der Waals surface area contributed by atoms with Gasteiger partial charge in [-0.2, -0.15) is 5.10 Å². The number of hydrogen-bond donors (Lipinski definition) is 3. The maximum absolute atomic E-state index is 10.6. The smallest absolute Gasteiger partial charge is 0.339 e. The van der Waals surface area contributed by atoms with E-state index in [0.29, 0.717) is 12.2 Å². The summed E-state index contributed by atoms with van der Waals surface area (Å²) in [5, 5.41) is 18.0. The molecule has 3 N–H and O–H groups in total. The highest BCUT2D eigenvalue weighted by molar-refractivity contribution is 5.88. The van der Waals surface area contributed by atoms with E-state index < -0.39 is 5.97 Å². The minimum absolute atomic E-state index is 0.232. The third-order valence-electron chi connectivity index (χ3n) is 1.50. The minimum Gasteiger partial charge on any atom is -0.478 e. The van der Waals surface area contributed by atoms with Gasteiger partial charge in [0.1, 0.15) is 5.56 Å². The molecule has 0 saturated heterocycles. The maximum atomic E-state index is 10.6. The van der Waals surface area contributed by atoms with Gasteiger partial charge in [0.05, 0.1) is 11.9 Å². The van der Waals surface area contributed by atoms with Crippen LogP contribution in [0.1, 0.15) is 23.0 Å². The SMILES string of the molecule is CCNCc1[nH]ncc1C(=O)O. The van der Waals surface area contributed by atoms with Crippen LogP contribution in [0.15, 0.2) is 6.20 Å². The lowest BCUT2D eigenvalue weighted by Crippen LogP contribution is -2.14. The monoisotopic (exact) mass is 169 g/mol. The molecule has 66 valence electrons. The lowest BCUT2D eigenvalue weighted by Gasteiger charge is -1.98. The molecular formula is C7H11N3O2. The fourth-order valence-corrected chi connectivity index (χ4v) is 0.882. The first-order chi connectivity index (χ1) is 5.75. The van der Waals surface area contributed by atoms with Crippen LogP contribution >= 0.6 is 0 Å². The molecule has 5 heteroatoms. The molecule has 1 heterocycles. The van der Waals surface area contributed by atoms with Crippen LogP contribution in [0.25, 0.3) is 0 Å². The Morgan fingerprint density at radius 2 is 2.58 bits per heavy atom. The van der Waals surface area contributed by atoms with E-state index in [2.05, 4.69) is 15.5 Å². The van der Waals surface area contributed by atoms with Gasteiger partial charge >= 0.3 is 5.97 Å². The zero-order valence-electron chi connectivity index (χ0n) is 6.79. The third-order valence-corrected chi connectivity index (χ3v) is 1.50. The van der Waals surface area contributed by atoms with Crippen molar-refractivity contribution in [2.24, 2.45) is 0 Å². The number of aromatic nitrogens is 2. The van der Waals surface area contributed by atoms with Gasteiger partial charge in [-0.25, -0.2) is 4.79 Å². The molecule has 0 saturated carbocycles. The summed E-state index contributed by atoms with van der Waals surface area (Å²) in [6.45, 7) is 3.27. The number of hydrogen-bond acceptors (Lipinski definition) is 3. The summed E-state index contributed by atoms with van der Waals surface area (Å²) in [6, 6.07) is 0. The number of aromatic carboxylic acids is 1. The van der Waals surface area contributed by atoms with E-state index in [-0.39, 0.29) is 5.56 Å². The Bertz CT molecular complexity index is 269. The normalized spacial score (nSPS) is 10.1. The second-order valence-corrected chi connectivity index (χ2v) is 2.35. The quantitative estimate of drug-likeness (QED) is 0.602. The Balaban J connectivity index is 2.70. The summed E-state index contributed by atoms with van der Waals surface area (Å²) in [5.74, 6) is -0.948. The van der Waals surface area contributed by atoms with Crippen molar-refractivity contribution in [1.82, 2.24) is 15.5 Å². The average Bonchev–Trinajstić information content (AvgIpc) is 2.48. The number of carboxylic acid groups (broad SMARTS) is 1. The van der Waals surface area contributed by atoms with Gasteiger partial charge in [0, 0.05) is 6.54 Å². The van der Waals surface area contributed by atoms with Gasteiger partial charge in [-0.3, -0.25) is 5.10 Å². The fraction of sp³-hybridized carbons (Fsp3) is 0.429. The van der Waals surface area contributed by atoms with Gasteiger partial charge < -0.3 is 10.4 Å². The van der Waals surface area contributed by atoms with Gasteiger partial charge in [0.2, 0.25) is 0 Å². The van der Waals surface area contributed by atoms with Crippen molar-refractivity contribution >= 4 is 5.97 Å². The zero-order valence-corrected chi connectivity index (χ0v) is 6.79. The van der Waals surface area contributed by atoms with Crippen molar-refractivity contribution in [2.45, 2.75) is 13.5 Å².